The highest BCUT2D eigenvalue weighted by Gasteiger charge is 2.31. The Morgan fingerprint density at radius 3 is 2.48 bits per heavy atom. The molecule has 0 amide bonds. The van der Waals surface area contributed by atoms with Crippen LogP contribution in [0.5, 0.6) is 0 Å². The fourth-order valence-corrected chi connectivity index (χ4v) is 2.96. The predicted molar refractivity (Wildman–Crippen MR) is 85.8 cm³/mol. The first-order valence-corrected chi connectivity index (χ1v) is 8.02. The molecule has 3 rings (SSSR count). The van der Waals surface area contributed by atoms with Crippen LogP contribution >= 0.6 is 23.4 Å². The molecule has 0 atom stereocenters. The summed E-state index contributed by atoms with van der Waals surface area (Å²) in [7, 11) is 0. The van der Waals surface area contributed by atoms with Crippen molar-refractivity contribution in [2.45, 2.75) is 16.1 Å². The maximum absolute atomic E-state index is 13.7. The van der Waals surface area contributed by atoms with Crippen molar-refractivity contribution in [3.63, 3.8) is 0 Å². The minimum absolute atomic E-state index is 0.0191. The maximum atomic E-state index is 13.7. The van der Waals surface area contributed by atoms with E-state index < -0.39 is 17.6 Å². The summed E-state index contributed by atoms with van der Waals surface area (Å²) in [5, 5.41) is 0.190. The third kappa shape index (κ3) is 4.08. The molecule has 1 aromatic carbocycles. The van der Waals surface area contributed by atoms with E-state index in [1.807, 2.05) is 0 Å². The number of aromatic nitrogens is 3. The van der Waals surface area contributed by atoms with Crippen LogP contribution in [0.1, 0.15) is 5.56 Å². The van der Waals surface area contributed by atoms with E-state index in [2.05, 4.69) is 15.0 Å². The maximum Gasteiger partial charge on any atom is 0.417 e. The van der Waals surface area contributed by atoms with Gasteiger partial charge < -0.3 is 0 Å². The second-order valence-corrected chi connectivity index (χ2v) is 6.27. The monoisotopic (exact) mass is 385 g/mol. The third-order valence-corrected chi connectivity index (χ3v) is 4.34. The molecule has 9 heteroatoms. The summed E-state index contributed by atoms with van der Waals surface area (Å²) in [6.45, 7) is 0. The van der Waals surface area contributed by atoms with Gasteiger partial charge in [-0.2, -0.15) is 13.2 Å². The van der Waals surface area contributed by atoms with Gasteiger partial charge in [0.1, 0.15) is 16.5 Å². The molecule has 25 heavy (non-hydrogen) atoms. The summed E-state index contributed by atoms with van der Waals surface area (Å²) in [4.78, 5) is 12.2. The topological polar surface area (TPSA) is 38.7 Å². The van der Waals surface area contributed by atoms with Crippen LogP contribution in [0, 0.1) is 5.82 Å². The van der Waals surface area contributed by atoms with Gasteiger partial charge in [-0.25, -0.2) is 14.4 Å². The van der Waals surface area contributed by atoms with E-state index in [4.69, 9.17) is 11.6 Å². The molecule has 0 bridgehead atoms. The van der Waals surface area contributed by atoms with Crippen molar-refractivity contribution in [3.8, 4) is 11.5 Å². The van der Waals surface area contributed by atoms with E-state index in [-0.39, 0.29) is 16.5 Å². The van der Waals surface area contributed by atoms with Gasteiger partial charge >= 0.3 is 6.18 Å². The van der Waals surface area contributed by atoms with E-state index >= 15 is 0 Å². The van der Waals surface area contributed by atoms with Crippen LogP contribution in [0.3, 0.4) is 0 Å². The van der Waals surface area contributed by atoms with Crippen LogP contribution in [0.4, 0.5) is 17.6 Å². The van der Waals surface area contributed by atoms with Crippen molar-refractivity contribution >= 4 is 23.4 Å². The number of pyridine rings is 1. The first-order chi connectivity index (χ1) is 11.8. The van der Waals surface area contributed by atoms with Crippen molar-refractivity contribution in [1.82, 2.24) is 15.0 Å². The summed E-state index contributed by atoms with van der Waals surface area (Å²) in [6, 6.07) is 8.48. The summed E-state index contributed by atoms with van der Waals surface area (Å²) in [5.41, 5.74) is -0.941. The highest BCUT2D eigenvalue weighted by atomic mass is 35.5. The molecule has 0 saturated carbocycles. The predicted octanol–water partition coefficient (Wildman–Crippen LogP) is 5.50. The molecule has 0 aliphatic carbocycles. The van der Waals surface area contributed by atoms with E-state index in [1.54, 1.807) is 24.3 Å². The van der Waals surface area contributed by atoms with Crippen LogP contribution < -0.4 is 0 Å². The molecule has 0 fully saturated rings. The Labute approximate surface area is 149 Å². The Balaban J connectivity index is 1.93. The largest absolute Gasteiger partial charge is 0.417 e. The van der Waals surface area contributed by atoms with Crippen molar-refractivity contribution < 1.29 is 17.6 Å². The molecule has 0 unspecified atom stereocenters. The van der Waals surface area contributed by atoms with Crippen LogP contribution in [-0.4, -0.2) is 15.0 Å². The molecule has 128 valence electrons. The highest BCUT2D eigenvalue weighted by molar-refractivity contribution is 7.99. The Morgan fingerprint density at radius 2 is 1.80 bits per heavy atom. The van der Waals surface area contributed by atoms with Crippen molar-refractivity contribution in [2.24, 2.45) is 0 Å². The lowest BCUT2D eigenvalue weighted by molar-refractivity contribution is -0.137. The van der Waals surface area contributed by atoms with Crippen LogP contribution in [0.25, 0.3) is 11.5 Å². The zero-order chi connectivity index (χ0) is 18.0. The van der Waals surface area contributed by atoms with Crippen LogP contribution in [0.2, 0.25) is 5.02 Å². The molecular weight excluding hydrogens is 378 g/mol. The molecule has 0 N–H and O–H groups in total. The number of nitrogens with zero attached hydrogens (tertiary/aromatic N) is 3. The summed E-state index contributed by atoms with van der Waals surface area (Å²) < 4.78 is 51.7. The molecule has 0 spiro atoms. The quantitative estimate of drug-likeness (QED) is 0.440. The average Bonchev–Trinajstić information content (AvgIpc) is 2.56. The van der Waals surface area contributed by atoms with Gasteiger partial charge in [0.2, 0.25) is 0 Å². The van der Waals surface area contributed by atoms with Crippen LogP contribution in [-0.2, 0) is 6.18 Å². The van der Waals surface area contributed by atoms with Gasteiger partial charge in [0.05, 0.1) is 10.6 Å². The first kappa shape index (κ1) is 17.6. The zero-order valence-corrected chi connectivity index (χ0v) is 13.8. The number of alkyl halides is 3. The Bertz CT molecular complexity index is 918. The number of halogens is 5. The van der Waals surface area contributed by atoms with Gasteiger partial charge in [-0.15, -0.1) is 0 Å². The van der Waals surface area contributed by atoms with Gasteiger partial charge in [0.25, 0.3) is 0 Å². The molecule has 0 saturated heterocycles. The van der Waals surface area contributed by atoms with Gasteiger partial charge in [0, 0.05) is 17.3 Å². The normalized spacial score (nSPS) is 11.6. The lowest BCUT2D eigenvalue weighted by Crippen LogP contribution is -2.06. The molecule has 0 aliphatic rings. The molecule has 0 aliphatic heterocycles. The van der Waals surface area contributed by atoms with Crippen LogP contribution in [0.15, 0.2) is 58.7 Å². The third-order valence-electron chi connectivity index (χ3n) is 3.06. The van der Waals surface area contributed by atoms with Crippen molar-refractivity contribution in [3.05, 3.63) is 65.2 Å². The fraction of sp³-hybridized carbons (Fsp3) is 0.0625. The lowest BCUT2D eigenvalue weighted by Gasteiger charge is -2.09. The van der Waals surface area contributed by atoms with Gasteiger partial charge in [-0.05, 0) is 24.3 Å². The standard InChI is InChI=1S/C16H8ClF4N3S/c17-10-7-9(16(19,20)21)8-23-14(10)15-22-6-5-13(24-15)25-12-4-2-1-3-11(12)18/h1-8H. The van der Waals surface area contributed by atoms with E-state index in [0.717, 1.165) is 17.8 Å². The first-order valence-electron chi connectivity index (χ1n) is 6.83. The smallest absolute Gasteiger partial charge is 0.251 e. The molecule has 0 radical (unpaired) electrons. The molecule has 3 nitrogen and oxygen atoms in total. The average molecular weight is 386 g/mol. The minimum atomic E-state index is -4.54. The van der Waals surface area contributed by atoms with Gasteiger partial charge in [-0.1, -0.05) is 35.5 Å². The highest BCUT2D eigenvalue weighted by Crippen LogP contribution is 2.34. The fourth-order valence-electron chi connectivity index (χ4n) is 1.91. The second kappa shape index (κ2) is 6.97. The van der Waals surface area contributed by atoms with E-state index in [9.17, 15) is 17.6 Å². The lowest BCUT2D eigenvalue weighted by atomic mass is 10.2. The van der Waals surface area contributed by atoms with Crippen molar-refractivity contribution in [2.75, 3.05) is 0 Å². The molecule has 3 aromatic rings. The number of benzene rings is 1. The SMILES string of the molecule is Fc1ccccc1Sc1ccnc(-c2ncc(C(F)(F)F)cc2Cl)n1. The Morgan fingerprint density at radius 1 is 1.04 bits per heavy atom. The number of rotatable bonds is 3. The number of hydrogen-bond acceptors (Lipinski definition) is 4. The summed E-state index contributed by atoms with van der Waals surface area (Å²) in [6.07, 6.45) is -2.47. The summed E-state index contributed by atoms with van der Waals surface area (Å²) in [5.74, 6) is -0.349. The zero-order valence-electron chi connectivity index (χ0n) is 12.3. The van der Waals surface area contributed by atoms with E-state index in [0.29, 0.717) is 16.1 Å². The van der Waals surface area contributed by atoms with Gasteiger partial charge in [-0.3, -0.25) is 4.98 Å². The second-order valence-electron chi connectivity index (χ2n) is 4.80. The van der Waals surface area contributed by atoms with E-state index in [1.165, 1.54) is 12.3 Å². The Kier molecular flexibility index (Phi) is 4.91. The molecule has 2 aromatic heterocycles. The number of hydrogen-bond donors (Lipinski definition) is 0. The molecular formula is C16H8ClF4N3S. The Hall–Kier alpha value is -2.19. The summed E-state index contributed by atoms with van der Waals surface area (Å²) >= 11 is 6.96. The minimum Gasteiger partial charge on any atom is -0.251 e. The van der Waals surface area contributed by atoms with Gasteiger partial charge in [0.15, 0.2) is 5.82 Å². The van der Waals surface area contributed by atoms with Crippen molar-refractivity contribution in [1.29, 1.82) is 0 Å². The molecule has 2 heterocycles.